The molecule has 1 rings (SSSR count). The van der Waals surface area contributed by atoms with Gasteiger partial charge in [0, 0.05) is 0 Å². The Morgan fingerprint density at radius 3 is 2.33 bits per heavy atom. The number of benzene rings is 1. The zero-order chi connectivity index (χ0) is 11.3. The molecule has 0 bridgehead atoms. The Labute approximate surface area is 92.7 Å². The van der Waals surface area contributed by atoms with Gasteiger partial charge in [-0.25, -0.2) is 0 Å². The Kier molecular flexibility index (Phi) is 3.97. The highest BCUT2D eigenvalue weighted by atomic mass is 28.4. The lowest BCUT2D eigenvalue weighted by molar-refractivity contribution is 0.348. The van der Waals surface area contributed by atoms with E-state index in [-0.39, 0.29) is 0 Å². The van der Waals surface area contributed by atoms with Crippen molar-refractivity contribution >= 4 is 8.32 Å². The third-order valence-corrected chi connectivity index (χ3v) is 2.45. The van der Waals surface area contributed by atoms with Crippen molar-refractivity contribution in [3.05, 3.63) is 36.9 Å². The first kappa shape index (κ1) is 11.8. The summed E-state index contributed by atoms with van der Waals surface area (Å²) in [6.07, 6.45) is 1.73. The average Bonchev–Trinajstić information content (AvgIpc) is 2.14. The number of rotatable bonds is 5. The molecule has 1 aromatic rings. The van der Waals surface area contributed by atoms with E-state index >= 15 is 0 Å². The Morgan fingerprint density at radius 2 is 1.80 bits per heavy atom. The largest absolute Gasteiger partial charge is 0.542 e. The van der Waals surface area contributed by atoms with Gasteiger partial charge < -0.3 is 9.16 Å². The number of hydrogen-bond acceptors (Lipinski definition) is 2. The van der Waals surface area contributed by atoms with E-state index in [1.165, 1.54) is 0 Å². The maximum absolute atomic E-state index is 5.91. The lowest BCUT2D eigenvalue weighted by Gasteiger charge is -2.21. The first-order chi connectivity index (χ1) is 7.03. The van der Waals surface area contributed by atoms with Crippen LogP contribution in [-0.2, 0) is 0 Å². The summed E-state index contributed by atoms with van der Waals surface area (Å²) < 4.78 is 11.4. The minimum absolute atomic E-state index is 0.506. The fraction of sp³-hybridized carbons (Fsp3) is 0.333. The predicted molar refractivity (Wildman–Crippen MR) is 66.1 cm³/mol. The molecule has 0 aliphatic rings. The minimum Gasteiger partial charge on any atom is -0.542 e. The summed E-state index contributed by atoms with van der Waals surface area (Å²) in [6.45, 7) is 10.6. The summed E-state index contributed by atoms with van der Waals surface area (Å²) in [6, 6.07) is 7.75. The van der Waals surface area contributed by atoms with E-state index in [9.17, 15) is 0 Å². The number of para-hydroxylation sites is 2. The van der Waals surface area contributed by atoms with Crippen LogP contribution in [0.5, 0.6) is 11.5 Å². The fourth-order valence-electron chi connectivity index (χ4n) is 1.13. The summed E-state index contributed by atoms with van der Waals surface area (Å²) in [4.78, 5) is 0. The van der Waals surface area contributed by atoms with E-state index in [1.807, 2.05) is 24.3 Å². The van der Waals surface area contributed by atoms with Crippen molar-refractivity contribution in [3.8, 4) is 11.5 Å². The van der Waals surface area contributed by atoms with Crippen LogP contribution in [0.15, 0.2) is 36.9 Å². The van der Waals surface area contributed by atoms with Gasteiger partial charge in [-0.2, -0.15) is 0 Å². The summed E-state index contributed by atoms with van der Waals surface area (Å²) in [5, 5.41) is 0. The van der Waals surface area contributed by atoms with E-state index in [1.54, 1.807) is 6.08 Å². The topological polar surface area (TPSA) is 18.5 Å². The monoisotopic (exact) mass is 222 g/mol. The van der Waals surface area contributed by atoms with Gasteiger partial charge in [-0.15, -0.1) is 0 Å². The highest BCUT2D eigenvalue weighted by Crippen LogP contribution is 2.28. The molecule has 0 aromatic heterocycles. The molecule has 3 heteroatoms. The Balaban J connectivity index is 2.81. The van der Waals surface area contributed by atoms with Crippen molar-refractivity contribution in [1.29, 1.82) is 0 Å². The SMILES string of the molecule is C=CCOc1ccccc1O[Si](C)(C)C. The summed E-state index contributed by atoms with van der Waals surface area (Å²) >= 11 is 0. The second-order valence-corrected chi connectivity index (χ2v) is 8.69. The van der Waals surface area contributed by atoms with E-state index in [0.717, 1.165) is 11.5 Å². The average molecular weight is 222 g/mol. The maximum atomic E-state index is 5.91. The second-order valence-electron chi connectivity index (χ2n) is 4.26. The zero-order valence-electron chi connectivity index (χ0n) is 9.62. The number of hydrogen-bond donors (Lipinski definition) is 0. The van der Waals surface area contributed by atoms with Crippen LogP contribution in [0.3, 0.4) is 0 Å². The van der Waals surface area contributed by atoms with Gasteiger partial charge in [-0.3, -0.25) is 0 Å². The Bertz CT molecular complexity index is 329. The van der Waals surface area contributed by atoms with Gasteiger partial charge in [0.2, 0.25) is 8.32 Å². The van der Waals surface area contributed by atoms with E-state index in [4.69, 9.17) is 9.16 Å². The summed E-state index contributed by atoms with van der Waals surface area (Å²) in [5.74, 6) is 1.62. The molecule has 0 radical (unpaired) electrons. The van der Waals surface area contributed by atoms with E-state index in [0.29, 0.717) is 6.61 Å². The van der Waals surface area contributed by atoms with Gasteiger partial charge in [-0.1, -0.05) is 24.8 Å². The molecular formula is C12H18O2Si. The highest BCUT2D eigenvalue weighted by Gasteiger charge is 2.18. The molecule has 82 valence electrons. The molecule has 0 amide bonds. The van der Waals surface area contributed by atoms with Gasteiger partial charge in [0.25, 0.3) is 0 Å². The van der Waals surface area contributed by atoms with Crippen LogP contribution in [0.2, 0.25) is 19.6 Å². The molecular weight excluding hydrogens is 204 g/mol. The zero-order valence-corrected chi connectivity index (χ0v) is 10.6. The van der Waals surface area contributed by atoms with E-state index < -0.39 is 8.32 Å². The number of ether oxygens (including phenoxy) is 1. The van der Waals surface area contributed by atoms with Crippen LogP contribution in [-0.4, -0.2) is 14.9 Å². The lowest BCUT2D eigenvalue weighted by atomic mass is 10.3. The molecule has 0 saturated carbocycles. The third-order valence-electron chi connectivity index (χ3n) is 1.62. The predicted octanol–water partition coefficient (Wildman–Crippen LogP) is 3.47. The second kappa shape index (κ2) is 5.03. The van der Waals surface area contributed by atoms with Crippen molar-refractivity contribution in [2.24, 2.45) is 0 Å². The summed E-state index contributed by atoms with van der Waals surface area (Å²) in [5.41, 5.74) is 0. The maximum Gasteiger partial charge on any atom is 0.242 e. The van der Waals surface area contributed by atoms with Gasteiger partial charge in [-0.05, 0) is 31.8 Å². The van der Waals surface area contributed by atoms with Crippen molar-refractivity contribution in [2.75, 3.05) is 6.61 Å². The molecule has 0 fully saturated rings. The molecule has 0 aliphatic heterocycles. The van der Waals surface area contributed by atoms with Crippen LogP contribution >= 0.6 is 0 Å². The van der Waals surface area contributed by atoms with E-state index in [2.05, 4.69) is 26.2 Å². The van der Waals surface area contributed by atoms with Crippen LogP contribution in [0, 0.1) is 0 Å². The van der Waals surface area contributed by atoms with Crippen molar-refractivity contribution in [1.82, 2.24) is 0 Å². The van der Waals surface area contributed by atoms with Crippen LogP contribution in [0.25, 0.3) is 0 Å². The molecule has 0 aliphatic carbocycles. The molecule has 0 atom stereocenters. The first-order valence-electron chi connectivity index (χ1n) is 5.04. The van der Waals surface area contributed by atoms with Gasteiger partial charge in [0.1, 0.15) is 12.4 Å². The van der Waals surface area contributed by atoms with Crippen LogP contribution in [0.4, 0.5) is 0 Å². The lowest BCUT2D eigenvalue weighted by Crippen LogP contribution is -2.29. The molecule has 0 unspecified atom stereocenters. The van der Waals surface area contributed by atoms with Crippen molar-refractivity contribution in [3.63, 3.8) is 0 Å². The smallest absolute Gasteiger partial charge is 0.242 e. The first-order valence-corrected chi connectivity index (χ1v) is 8.45. The minimum atomic E-state index is -1.57. The molecule has 0 heterocycles. The van der Waals surface area contributed by atoms with Crippen molar-refractivity contribution in [2.45, 2.75) is 19.6 Å². The standard InChI is InChI=1S/C12H18O2Si/c1-5-10-13-11-8-6-7-9-12(11)14-15(2,3)4/h5-9H,1,10H2,2-4H3. The molecule has 0 spiro atoms. The quantitative estimate of drug-likeness (QED) is 0.561. The van der Waals surface area contributed by atoms with Crippen LogP contribution in [0.1, 0.15) is 0 Å². The van der Waals surface area contributed by atoms with Gasteiger partial charge >= 0.3 is 0 Å². The molecule has 15 heavy (non-hydrogen) atoms. The van der Waals surface area contributed by atoms with Gasteiger partial charge in [0.15, 0.2) is 5.75 Å². The summed E-state index contributed by atoms with van der Waals surface area (Å²) in [7, 11) is -1.57. The Hall–Kier alpha value is -1.22. The highest BCUT2D eigenvalue weighted by molar-refractivity contribution is 6.70. The van der Waals surface area contributed by atoms with Gasteiger partial charge in [0.05, 0.1) is 0 Å². The molecule has 0 saturated heterocycles. The normalized spacial score (nSPS) is 10.9. The van der Waals surface area contributed by atoms with Crippen molar-refractivity contribution < 1.29 is 9.16 Å². The molecule has 0 N–H and O–H groups in total. The van der Waals surface area contributed by atoms with Crippen LogP contribution < -0.4 is 9.16 Å². The third kappa shape index (κ3) is 4.21. The molecule has 1 aromatic carbocycles. The molecule has 2 nitrogen and oxygen atoms in total. The Morgan fingerprint density at radius 1 is 1.20 bits per heavy atom. The fourth-order valence-corrected chi connectivity index (χ4v) is 1.96.